The van der Waals surface area contributed by atoms with Gasteiger partial charge in [0, 0.05) is 19.0 Å². The van der Waals surface area contributed by atoms with E-state index >= 15 is 0 Å². The van der Waals surface area contributed by atoms with Crippen LogP contribution in [0.2, 0.25) is 0 Å². The van der Waals surface area contributed by atoms with Crippen LogP contribution in [0.5, 0.6) is 5.75 Å². The van der Waals surface area contributed by atoms with Crippen LogP contribution in [0.1, 0.15) is 25.3 Å². The highest BCUT2D eigenvalue weighted by Crippen LogP contribution is 2.20. The van der Waals surface area contributed by atoms with E-state index in [1.54, 1.807) is 19.2 Å². The van der Waals surface area contributed by atoms with Gasteiger partial charge in [-0.25, -0.2) is 4.79 Å². The first-order valence-corrected chi connectivity index (χ1v) is 7.31. The summed E-state index contributed by atoms with van der Waals surface area (Å²) in [5.41, 5.74) is 1.57. The van der Waals surface area contributed by atoms with Crippen molar-refractivity contribution in [2.45, 2.75) is 19.8 Å². The third-order valence-electron chi connectivity index (χ3n) is 3.09. The molecule has 22 heavy (non-hydrogen) atoms. The summed E-state index contributed by atoms with van der Waals surface area (Å²) in [5.74, 6) is 6.74. The normalized spacial score (nSPS) is 9.55. The number of rotatable bonds is 3. The lowest BCUT2D eigenvalue weighted by atomic mass is 10.1. The van der Waals surface area contributed by atoms with E-state index in [-0.39, 0.29) is 0 Å². The van der Waals surface area contributed by atoms with Gasteiger partial charge in [-0.05, 0) is 30.7 Å². The van der Waals surface area contributed by atoms with E-state index in [1.807, 2.05) is 42.5 Å². The van der Waals surface area contributed by atoms with Gasteiger partial charge in [-0.15, -0.1) is 0 Å². The van der Waals surface area contributed by atoms with Crippen molar-refractivity contribution in [2.24, 2.45) is 0 Å². The Kier molecular flexibility index (Phi) is 5.62. The minimum absolute atomic E-state index is 0.434. The molecule has 1 amide bonds. The Bertz CT molecular complexity index is 683. The highest BCUT2D eigenvalue weighted by Gasteiger charge is 2.15. The monoisotopic (exact) mass is 293 g/mol. The Hall–Kier alpha value is -2.73. The van der Waals surface area contributed by atoms with Crippen molar-refractivity contribution in [3.63, 3.8) is 0 Å². The molecule has 0 heterocycles. The van der Waals surface area contributed by atoms with Crippen LogP contribution in [-0.4, -0.2) is 13.1 Å². The van der Waals surface area contributed by atoms with Crippen molar-refractivity contribution in [3.05, 3.63) is 60.2 Å². The van der Waals surface area contributed by atoms with Gasteiger partial charge in [-0.3, -0.25) is 4.90 Å². The fraction of sp³-hybridized carbons (Fsp3) is 0.211. The molecule has 0 aliphatic carbocycles. The molecule has 2 aromatic rings. The molecule has 0 aromatic heterocycles. The molecule has 0 bridgehead atoms. The number of ether oxygens (including phenoxy) is 1. The minimum Gasteiger partial charge on any atom is -0.410 e. The highest BCUT2D eigenvalue weighted by molar-refractivity contribution is 5.90. The number of unbranched alkanes of at least 4 members (excludes halogenated alkanes) is 1. The molecule has 0 spiro atoms. The molecule has 2 aromatic carbocycles. The summed E-state index contributed by atoms with van der Waals surface area (Å²) in [6, 6.07) is 16.6. The van der Waals surface area contributed by atoms with Crippen molar-refractivity contribution in [1.82, 2.24) is 0 Å². The number of amides is 1. The van der Waals surface area contributed by atoms with Crippen molar-refractivity contribution in [2.75, 3.05) is 11.9 Å². The number of hydrogen-bond acceptors (Lipinski definition) is 2. The molecule has 0 atom stereocenters. The Morgan fingerprint density at radius 2 is 1.77 bits per heavy atom. The number of nitrogens with zero attached hydrogens (tertiary/aromatic N) is 1. The molecule has 0 radical (unpaired) electrons. The van der Waals surface area contributed by atoms with Crippen LogP contribution >= 0.6 is 0 Å². The van der Waals surface area contributed by atoms with Gasteiger partial charge in [-0.1, -0.05) is 49.1 Å². The Morgan fingerprint density at radius 1 is 1.09 bits per heavy atom. The second-order valence-electron chi connectivity index (χ2n) is 4.81. The molecule has 0 fully saturated rings. The minimum atomic E-state index is -0.434. The third kappa shape index (κ3) is 4.13. The SMILES string of the molecule is CCCC#Cc1ccccc1N(C)C(=O)Oc1ccccc1. The quantitative estimate of drug-likeness (QED) is 0.781. The summed E-state index contributed by atoms with van der Waals surface area (Å²) in [6.07, 6.45) is 1.42. The molecule has 0 saturated carbocycles. The molecule has 3 nitrogen and oxygen atoms in total. The van der Waals surface area contributed by atoms with Crippen molar-refractivity contribution < 1.29 is 9.53 Å². The highest BCUT2D eigenvalue weighted by atomic mass is 16.6. The molecular formula is C19H19NO2. The summed E-state index contributed by atoms with van der Waals surface area (Å²) in [4.78, 5) is 13.7. The fourth-order valence-electron chi connectivity index (χ4n) is 1.91. The van der Waals surface area contributed by atoms with E-state index in [4.69, 9.17) is 4.74 Å². The zero-order valence-corrected chi connectivity index (χ0v) is 12.9. The largest absolute Gasteiger partial charge is 0.419 e. The van der Waals surface area contributed by atoms with Gasteiger partial charge in [0.05, 0.1) is 5.69 Å². The number of hydrogen-bond donors (Lipinski definition) is 0. The maximum Gasteiger partial charge on any atom is 0.419 e. The second-order valence-corrected chi connectivity index (χ2v) is 4.81. The van der Waals surface area contributed by atoms with E-state index in [2.05, 4.69) is 18.8 Å². The van der Waals surface area contributed by atoms with Gasteiger partial charge in [0.15, 0.2) is 0 Å². The topological polar surface area (TPSA) is 29.5 Å². The van der Waals surface area contributed by atoms with E-state index < -0.39 is 6.09 Å². The molecule has 0 unspecified atom stereocenters. The predicted molar refractivity (Wildman–Crippen MR) is 89.1 cm³/mol. The van der Waals surface area contributed by atoms with Crippen molar-refractivity contribution in [1.29, 1.82) is 0 Å². The maximum absolute atomic E-state index is 12.3. The number of benzene rings is 2. The lowest BCUT2D eigenvalue weighted by molar-refractivity contribution is 0.209. The van der Waals surface area contributed by atoms with E-state index in [0.717, 1.165) is 24.1 Å². The number of para-hydroxylation sites is 2. The first-order valence-electron chi connectivity index (χ1n) is 7.31. The Labute approximate surface area is 131 Å². The van der Waals surface area contributed by atoms with Gasteiger partial charge in [0.1, 0.15) is 5.75 Å². The summed E-state index contributed by atoms with van der Waals surface area (Å²) >= 11 is 0. The standard InChI is InChI=1S/C19H19NO2/c1-3-4-6-11-16-12-9-10-15-18(16)20(2)19(21)22-17-13-7-5-8-14-17/h5,7-10,12-15H,3-4H2,1-2H3. The fourth-order valence-corrected chi connectivity index (χ4v) is 1.91. The molecule has 112 valence electrons. The van der Waals surface area contributed by atoms with Crippen LogP contribution in [0, 0.1) is 11.8 Å². The average molecular weight is 293 g/mol. The van der Waals surface area contributed by atoms with Crippen LogP contribution in [0.15, 0.2) is 54.6 Å². The molecular weight excluding hydrogens is 274 g/mol. The number of carbonyl (C=O) groups is 1. The van der Waals surface area contributed by atoms with Crippen LogP contribution in [-0.2, 0) is 0 Å². The van der Waals surface area contributed by atoms with Crippen LogP contribution in [0.4, 0.5) is 10.5 Å². The average Bonchev–Trinajstić information content (AvgIpc) is 2.56. The second kappa shape index (κ2) is 7.90. The van der Waals surface area contributed by atoms with Gasteiger partial charge >= 0.3 is 6.09 Å². The molecule has 0 N–H and O–H groups in total. The molecule has 0 saturated heterocycles. The number of carbonyl (C=O) groups excluding carboxylic acids is 1. The zero-order valence-electron chi connectivity index (χ0n) is 12.9. The first-order chi connectivity index (χ1) is 10.7. The van der Waals surface area contributed by atoms with Crippen molar-refractivity contribution in [3.8, 4) is 17.6 Å². The summed E-state index contributed by atoms with van der Waals surface area (Å²) < 4.78 is 5.35. The molecule has 2 rings (SSSR count). The van der Waals surface area contributed by atoms with Crippen LogP contribution in [0.3, 0.4) is 0 Å². The lowest BCUT2D eigenvalue weighted by Crippen LogP contribution is -2.30. The lowest BCUT2D eigenvalue weighted by Gasteiger charge is -2.18. The third-order valence-corrected chi connectivity index (χ3v) is 3.09. The Morgan fingerprint density at radius 3 is 2.50 bits per heavy atom. The van der Waals surface area contributed by atoms with Crippen LogP contribution in [0.25, 0.3) is 0 Å². The van der Waals surface area contributed by atoms with E-state index in [0.29, 0.717) is 5.75 Å². The van der Waals surface area contributed by atoms with Gasteiger partial charge < -0.3 is 4.74 Å². The summed E-state index contributed by atoms with van der Waals surface area (Å²) in [7, 11) is 1.69. The van der Waals surface area contributed by atoms with E-state index in [1.165, 1.54) is 4.90 Å². The summed E-state index contributed by atoms with van der Waals surface area (Å²) in [6.45, 7) is 2.09. The first kappa shape index (κ1) is 15.7. The smallest absolute Gasteiger partial charge is 0.410 e. The molecule has 0 aliphatic rings. The van der Waals surface area contributed by atoms with Gasteiger partial charge in [0.25, 0.3) is 0 Å². The Balaban J connectivity index is 2.17. The predicted octanol–water partition coefficient (Wildman–Crippen LogP) is 4.47. The van der Waals surface area contributed by atoms with Crippen molar-refractivity contribution >= 4 is 11.8 Å². The van der Waals surface area contributed by atoms with Crippen LogP contribution < -0.4 is 9.64 Å². The number of anilines is 1. The van der Waals surface area contributed by atoms with E-state index in [9.17, 15) is 4.79 Å². The van der Waals surface area contributed by atoms with Gasteiger partial charge in [0.2, 0.25) is 0 Å². The molecule has 3 heteroatoms. The zero-order chi connectivity index (χ0) is 15.8. The van der Waals surface area contributed by atoms with Gasteiger partial charge in [-0.2, -0.15) is 0 Å². The maximum atomic E-state index is 12.3. The summed E-state index contributed by atoms with van der Waals surface area (Å²) in [5, 5.41) is 0. The molecule has 0 aliphatic heterocycles.